The van der Waals surface area contributed by atoms with Crippen LogP contribution >= 0.6 is 0 Å². The van der Waals surface area contributed by atoms with E-state index in [2.05, 4.69) is 58.7 Å². The van der Waals surface area contributed by atoms with Crippen molar-refractivity contribution in [1.82, 2.24) is 10.2 Å². The fourth-order valence-corrected chi connectivity index (χ4v) is 3.16. The van der Waals surface area contributed by atoms with Crippen LogP contribution in [-0.2, 0) is 0 Å². The summed E-state index contributed by atoms with van der Waals surface area (Å²) >= 11 is 0. The maximum Gasteiger partial charge on any atom is 0.0228 e. The maximum atomic E-state index is 3.74. The van der Waals surface area contributed by atoms with Crippen molar-refractivity contribution in [3.05, 3.63) is 0 Å². The first kappa shape index (κ1) is 15.0. The first-order valence-corrected chi connectivity index (χ1v) is 7.14. The second-order valence-electron chi connectivity index (χ2n) is 7.56. The Kier molecular flexibility index (Phi) is 4.65. The van der Waals surface area contributed by atoms with Gasteiger partial charge in [0.2, 0.25) is 0 Å². The minimum atomic E-state index is 0.302. The van der Waals surface area contributed by atoms with Crippen molar-refractivity contribution in [1.29, 1.82) is 0 Å². The summed E-state index contributed by atoms with van der Waals surface area (Å²) < 4.78 is 0. The van der Waals surface area contributed by atoms with E-state index in [1.165, 1.54) is 19.5 Å². The highest BCUT2D eigenvalue weighted by Gasteiger charge is 2.35. The minimum absolute atomic E-state index is 0.302. The molecule has 2 unspecified atom stereocenters. The Bertz CT molecular complexity index is 234. The van der Waals surface area contributed by atoms with Crippen LogP contribution in [0.2, 0.25) is 0 Å². The van der Waals surface area contributed by atoms with Crippen molar-refractivity contribution in [2.75, 3.05) is 19.6 Å². The number of rotatable bonds is 2. The molecule has 17 heavy (non-hydrogen) atoms. The monoisotopic (exact) mass is 240 g/mol. The molecule has 1 heterocycles. The number of hydrogen-bond acceptors (Lipinski definition) is 2. The van der Waals surface area contributed by atoms with Gasteiger partial charge >= 0.3 is 0 Å². The Morgan fingerprint density at radius 1 is 1.18 bits per heavy atom. The molecule has 1 rings (SSSR count). The normalized spacial score (nSPS) is 25.9. The summed E-state index contributed by atoms with van der Waals surface area (Å²) in [5.74, 6) is 0.757. The minimum Gasteiger partial charge on any atom is -0.311 e. The lowest BCUT2D eigenvalue weighted by Gasteiger charge is -2.47. The molecular formula is C15H32N2. The summed E-state index contributed by atoms with van der Waals surface area (Å²) in [7, 11) is 0. The van der Waals surface area contributed by atoms with E-state index in [-0.39, 0.29) is 0 Å². The van der Waals surface area contributed by atoms with Gasteiger partial charge in [0, 0.05) is 31.2 Å². The molecule has 0 aromatic heterocycles. The highest BCUT2D eigenvalue weighted by molar-refractivity contribution is 4.92. The lowest BCUT2D eigenvalue weighted by molar-refractivity contribution is 0.0524. The molecule has 1 saturated heterocycles. The summed E-state index contributed by atoms with van der Waals surface area (Å²) in [6, 6.07) is 0.646. The Morgan fingerprint density at radius 2 is 1.76 bits per heavy atom. The Hall–Kier alpha value is -0.0800. The van der Waals surface area contributed by atoms with E-state index < -0.39 is 0 Å². The molecule has 2 nitrogen and oxygen atoms in total. The molecule has 0 aliphatic carbocycles. The number of nitrogens with zero attached hydrogens (tertiary/aromatic N) is 1. The van der Waals surface area contributed by atoms with Crippen molar-refractivity contribution in [3.63, 3.8) is 0 Å². The van der Waals surface area contributed by atoms with Crippen molar-refractivity contribution in [2.45, 2.75) is 66.5 Å². The van der Waals surface area contributed by atoms with E-state index in [0.29, 0.717) is 17.0 Å². The van der Waals surface area contributed by atoms with E-state index in [0.717, 1.165) is 12.5 Å². The molecule has 0 spiro atoms. The molecule has 0 saturated carbocycles. The average Bonchev–Trinajstić information content (AvgIpc) is 2.15. The van der Waals surface area contributed by atoms with Crippen molar-refractivity contribution >= 4 is 0 Å². The molecular weight excluding hydrogens is 208 g/mol. The summed E-state index contributed by atoms with van der Waals surface area (Å²) in [5, 5.41) is 3.74. The van der Waals surface area contributed by atoms with E-state index >= 15 is 0 Å². The first-order chi connectivity index (χ1) is 7.66. The van der Waals surface area contributed by atoms with Gasteiger partial charge in [0.25, 0.3) is 0 Å². The third-order valence-corrected chi connectivity index (χ3v) is 4.19. The van der Waals surface area contributed by atoms with Crippen LogP contribution in [0.25, 0.3) is 0 Å². The van der Waals surface area contributed by atoms with Crippen LogP contribution < -0.4 is 5.32 Å². The molecule has 1 N–H and O–H groups in total. The van der Waals surface area contributed by atoms with Gasteiger partial charge in [-0.15, -0.1) is 0 Å². The zero-order chi connectivity index (χ0) is 13.3. The van der Waals surface area contributed by atoms with Crippen LogP contribution in [0.1, 0.15) is 54.9 Å². The van der Waals surface area contributed by atoms with Gasteiger partial charge in [-0.05, 0) is 32.1 Å². The lowest BCUT2D eigenvalue weighted by atomic mass is 9.74. The second-order valence-corrected chi connectivity index (χ2v) is 7.56. The van der Waals surface area contributed by atoms with Gasteiger partial charge in [-0.1, -0.05) is 34.1 Å². The highest BCUT2D eigenvalue weighted by atomic mass is 15.2. The fraction of sp³-hybridized carbons (Fsp3) is 1.00. The zero-order valence-electron chi connectivity index (χ0n) is 12.9. The van der Waals surface area contributed by atoms with E-state index in [4.69, 9.17) is 0 Å². The second kappa shape index (κ2) is 5.27. The molecule has 1 aliphatic heterocycles. The molecule has 2 atom stereocenters. The third kappa shape index (κ3) is 3.96. The number of nitrogens with one attached hydrogen (secondary N) is 1. The van der Waals surface area contributed by atoms with Crippen LogP contribution in [0, 0.1) is 11.3 Å². The first-order valence-electron chi connectivity index (χ1n) is 7.14. The number of piperazine rings is 1. The fourth-order valence-electron chi connectivity index (χ4n) is 3.16. The van der Waals surface area contributed by atoms with Crippen molar-refractivity contribution < 1.29 is 0 Å². The predicted octanol–water partition coefficient (Wildman–Crippen LogP) is 3.13. The largest absolute Gasteiger partial charge is 0.311 e. The summed E-state index contributed by atoms with van der Waals surface area (Å²) in [4.78, 5) is 2.63. The number of hydrogen-bond donors (Lipinski definition) is 1. The van der Waals surface area contributed by atoms with Crippen LogP contribution in [0.3, 0.4) is 0 Å². The molecule has 0 amide bonds. The van der Waals surface area contributed by atoms with Crippen molar-refractivity contribution in [3.8, 4) is 0 Å². The van der Waals surface area contributed by atoms with E-state index in [1.54, 1.807) is 0 Å². The zero-order valence-corrected chi connectivity index (χ0v) is 12.9. The average molecular weight is 240 g/mol. The third-order valence-electron chi connectivity index (χ3n) is 4.19. The smallest absolute Gasteiger partial charge is 0.0228 e. The Morgan fingerprint density at radius 3 is 2.18 bits per heavy atom. The van der Waals surface area contributed by atoms with Crippen molar-refractivity contribution in [2.24, 2.45) is 11.3 Å². The van der Waals surface area contributed by atoms with Crippen LogP contribution in [-0.4, -0.2) is 36.1 Å². The lowest BCUT2D eigenvalue weighted by Crippen LogP contribution is -2.60. The maximum absolute atomic E-state index is 3.74. The Labute approximate surface area is 108 Å². The quantitative estimate of drug-likeness (QED) is 0.798. The van der Waals surface area contributed by atoms with Gasteiger partial charge in [-0.2, -0.15) is 0 Å². The molecule has 0 radical (unpaired) electrons. The Balaban J connectivity index is 2.72. The SMILES string of the molecule is CCC(C1CN(C(C)(C)C)CCN1)C(C)(C)C. The highest BCUT2D eigenvalue weighted by Crippen LogP contribution is 2.33. The predicted molar refractivity (Wildman–Crippen MR) is 76.4 cm³/mol. The summed E-state index contributed by atoms with van der Waals surface area (Å²) in [6.45, 7) is 19.9. The summed E-state index contributed by atoms with van der Waals surface area (Å²) in [6.07, 6.45) is 1.26. The van der Waals surface area contributed by atoms with Gasteiger partial charge in [0.15, 0.2) is 0 Å². The van der Waals surface area contributed by atoms with Crippen LogP contribution in [0.15, 0.2) is 0 Å². The van der Waals surface area contributed by atoms with E-state index in [9.17, 15) is 0 Å². The van der Waals surface area contributed by atoms with Gasteiger partial charge < -0.3 is 5.32 Å². The van der Waals surface area contributed by atoms with E-state index in [1.807, 2.05) is 0 Å². The molecule has 102 valence electrons. The molecule has 2 heteroatoms. The molecule has 0 aromatic carbocycles. The standard InChI is InChI=1S/C15H32N2/c1-8-12(14(2,3)4)13-11-17(10-9-16-13)15(5,6)7/h12-13,16H,8-11H2,1-7H3. The molecule has 0 aromatic rings. The van der Waals surface area contributed by atoms with Crippen LogP contribution in [0.4, 0.5) is 0 Å². The molecule has 0 bridgehead atoms. The summed E-state index contributed by atoms with van der Waals surface area (Å²) in [5.41, 5.74) is 0.698. The van der Waals surface area contributed by atoms with Gasteiger partial charge in [-0.25, -0.2) is 0 Å². The van der Waals surface area contributed by atoms with Gasteiger partial charge in [-0.3, -0.25) is 4.90 Å². The van der Waals surface area contributed by atoms with Gasteiger partial charge in [0.05, 0.1) is 0 Å². The van der Waals surface area contributed by atoms with Gasteiger partial charge in [0.1, 0.15) is 0 Å². The molecule has 1 aliphatic rings. The molecule has 1 fully saturated rings. The topological polar surface area (TPSA) is 15.3 Å². The van der Waals surface area contributed by atoms with Crippen LogP contribution in [0.5, 0.6) is 0 Å².